The zero-order valence-corrected chi connectivity index (χ0v) is 31.2. The largest absolute Gasteiger partial charge is 0.481 e. The van der Waals surface area contributed by atoms with E-state index in [2.05, 4.69) is 21.3 Å². The van der Waals surface area contributed by atoms with Crippen molar-refractivity contribution in [3.8, 4) is 6.07 Å². The van der Waals surface area contributed by atoms with Gasteiger partial charge in [-0.3, -0.25) is 28.8 Å². The molecule has 14 heteroatoms. The number of benzene rings is 2. The third-order valence-corrected chi connectivity index (χ3v) is 9.15. The van der Waals surface area contributed by atoms with E-state index in [0.717, 1.165) is 22.4 Å². The van der Waals surface area contributed by atoms with Crippen LogP contribution in [0.2, 0.25) is 0 Å². The van der Waals surface area contributed by atoms with Crippen LogP contribution < -0.4 is 21.3 Å². The van der Waals surface area contributed by atoms with Gasteiger partial charge in [-0.15, -0.1) is 0 Å². The number of carboxylic acids is 1. The first-order valence-corrected chi connectivity index (χ1v) is 18.0. The monoisotopic (exact) mass is 730 g/mol. The molecule has 14 nitrogen and oxygen atoms in total. The van der Waals surface area contributed by atoms with Crippen molar-refractivity contribution >= 4 is 41.3 Å². The lowest BCUT2D eigenvalue weighted by molar-refractivity contribution is -0.155. The first-order valence-electron chi connectivity index (χ1n) is 18.0. The number of aliphatic carboxylic acids is 1. The molecule has 0 saturated carbocycles. The van der Waals surface area contributed by atoms with Crippen molar-refractivity contribution in [1.82, 2.24) is 20.9 Å². The molecule has 5 atom stereocenters. The lowest BCUT2D eigenvalue weighted by Gasteiger charge is -2.39. The fraction of sp³-hybridized carbons (Fsp3) is 0.513. The number of carboxylic acid groups (broad SMARTS) is 1. The number of carbonyl (C=O) groups excluding carboxylic acids is 5. The van der Waals surface area contributed by atoms with Gasteiger partial charge in [0, 0.05) is 25.1 Å². The number of ether oxygens (including phenoxy) is 1. The fourth-order valence-corrected chi connectivity index (χ4v) is 6.62. The molecule has 0 fully saturated rings. The van der Waals surface area contributed by atoms with Crippen LogP contribution in [0.1, 0.15) is 88.6 Å². The summed E-state index contributed by atoms with van der Waals surface area (Å²) in [7, 11) is 0. The average molecular weight is 731 g/mol. The minimum atomic E-state index is -1.33. The van der Waals surface area contributed by atoms with Crippen molar-refractivity contribution in [2.75, 3.05) is 11.9 Å². The topological polar surface area (TPSA) is 207 Å². The van der Waals surface area contributed by atoms with Crippen LogP contribution >= 0.6 is 0 Å². The highest BCUT2D eigenvalue weighted by Crippen LogP contribution is 2.32. The van der Waals surface area contributed by atoms with Crippen LogP contribution in [0.25, 0.3) is 0 Å². The molecule has 2 aliphatic rings. The van der Waals surface area contributed by atoms with Gasteiger partial charge in [0.25, 0.3) is 0 Å². The van der Waals surface area contributed by atoms with Gasteiger partial charge < -0.3 is 36.0 Å². The third kappa shape index (κ3) is 10.8. The zero-order chi connectivity index (χ0) is 39.0. The molecule has 0 bridgehead atoms. The number of amides is 4. The highest BCUT2D eigenvalue weighted by molar-refractivity contribution is 5.96. The maximum atomic E-state index is 14.4. The van der Waals surface area contributed by atoms with Crippen LogP contribution in [-0.4, -0.2) is 81.9 Å². The Morgan fingerprint density at radius 2 is 1.74 bits per heavy atom. The number of aryl methyl sites for hydroxylation is 1. The summed E-state index contributed by atoms with van der Waals surface area (Å²) in [6, 6.07) is 9.37. The van der Waals surface area contributed by atoms with Crippen molar-refractivity contribution < 1.29 is 38.6 Å². The molecule has 0 saturated heterocycles. The van der Waals surface area contributed by atoms with E-state index in [0.29, 0.717) is 18.4 Å². The molecule has 4 rings (SSSR count). The van der Waals surface area contributed by atoms with Crippen molar-refractivity contribution in [1.29, 1.82) is 5.26 Å². The molecule has 0 spiro atoms. The van der Waals surface area contributed by atoms with Crippen molar-refractivity contribution in [2.24, 2.45) is 5.92 Å². The predicted octanol–water partition coefficient (Wildman–Crippen LogP) is 3.08. The van der Waals surface area contributed by atoms with Gasteiger partial charge in [0.15, 0.2) is 0 Å². The number of carbonyl (C=O) groups is 6. The quantitative estimate of drug-likeness (QED) is 0.180. The number of esters is 1. The second-order valence-corrected chi connectivity index (χ2v) is 15.0. The Kier molecular flexibility index (Phi) is 13.2. The van der Waals surface area contributed by atoms with Crippen LogP contribution in [-0.2, 0) is 46.3 Å². The van der Waals surface area contributed by atoms with Crippen LogP contribution in [0.5, 0.6) is 0 Å². The summed E-state index contributed by atoms with van der Waals surface area (Å²) < 4.78 is 5.42. The maximum absolute atomic E-state index is 14.4. The summed E-state index contributed by atoms with van der Waals surface area (Å²) in [5, 5.41) is 30.1. The Bertz CT molecular complexity index is 1740. The summed E-state index contributed by atoms with van der Waals surface area (Å²) in [5.41, 5.74) is 3.42. The van der Waals surface area contributed by atoms with Gasteiger partial charge in [0.2, 0.25) is 23.6 Å². The Balaban J connectivity index is 1.57. The molecule has 284 valence electrons. The Labute approximate surface area is 310 Å². The van der Waals surface area contributed by atoms with E-state index in [1.807, 2.05) is 37.3 Å². The molecule has 53 heavy (non-hydrogen) atoms. The molecular weight excluding hydrogens is 680 g/mol. The number of hydrogen-bond acceptors (Lipinski definition) is 9. The number of para-hydroxylation sites is 1. The number of nitriles is 1. The number of nitrogens with one attached hydrogen (secondary N) is 4. The number of fused-ring (bicyclic) bond motifs is 2. The predicted molar refractivity (Wildman–Crippen MR) is 195 cm³/mol. The van der Waals surface area contributed by atoms with E-state index < -0.39 is 83.7 Å². The van der Waals surface area contributed by atoms with Gasteiger partial charge in [-0.05, 0) is 75.6 Å². The molecule has 0 radical (unpaired) electrons. The summed E-state index contributed by atoms with van der Waals surface area (Å²) in [6.07, 6.45) is 0.508. The SMILES string of the molecule is Cc1ccc2c(c1)CCN(C(=O)[C@@H](NC(=O)[C@H](CCCC(=O)OC(C)(C)C)NC(=O)C1Cc3ccccc3N1)C(C)C)[C@@H]2C(=O)N[C@H](C#N)CC(=O)O. The summed E-state index contributed by atoms with van der Waals surface area (Å²) in [5.74, 6) is -4.51. The van der Waals surface area contributed by atoms with Crippen LogP contribution in [0.15, 0.2) is 42.5 Å². The van der Waals surface area contributed by atoms with E-state index in [4.69, 9.17) is 4.74 Å². The fourth-order valence-electron chi connectivity index (χ4n) is 6.62. The van der Waals surface area contributed by atoms with E-state index in [1.165, 1.54) is 4.90 Å². The van der Waals surface area contributed by atoms with Crippen molar-refractivity contribution in [2.45, 2.75) is 116 Å². The van der Waals surface area contributed by atoms with Gasteiger partial charge in [0.1, 0.15) is 35.8 Å². The van der Waals surface area contributed by atoms with E-state index in [1.54, 1.807) is 52.8 Å². The molecule has 1 unspecified atom stereocenters. The second kappa shape index (κ2) is 17.4. The third-order valence-electron chi connectivity index (χ3n) is 9.15. The van der Waals surface area contributed by atoms with Gasteiger partial charge in [0.05, 0.1) is 12.5 Å². The van der Waals surface area contributed by atoms with Gasteiger partial charge in [-0.1, -0.05) is 55.8 Å². The molecule has 2 aromatic rings. The molecular formula is C39H50N6O8. The highest BCUT2D eigenvalue weighted by Gasteiger charge is 2.41. The minimum absolute atomic E-state index is 0.00556. The van der Waals surface area contributed by atoms with Gasteiger partial charge in [-0.2, -0.15) is 5.26 Å². The normalized spacial score (nSPS) is 17.9. The van der Waals surface area contributed by atoms with Crippen molar-refractivity contribution in [3.63, 3.8) is 0 Å². The first kappa shape index (κ1) is 40.3. The number of nitrogens with zero attached hydrogens (tertiary/aromatic N) is 2. The smallest absolute Gasteiger partial charge is 0.306 e. The second-order valence-electron chi connectivity index (χ2n) is 15.0. The van der Waals surface area contributed by atoms with E-state index in [-0.39, 0.29) is 25.8 Å². The minimum Gasteiger partial charge on any atom is -0.481 e. The molecule has 2 aliphatic heterocycles. The Hall–Kier alpha value is -5.45. The van der Waals surface area contributed by atoms with E-state index >= 15 is 0 Å². The lowest BCUT2D eigenvalue weighted by Crippen LogP contribution is -2.59. The van der Waals surface area contributed by atoms with Gasteiger partial charge >= 0.3 is 11.9 Å². The van der Waals surface area contributed by atoms with E-state index in [9.17, 15) is 39.1 Å². The number of anilines is 1. The summed E-state index contributed by atoms with van der Waals surface area (Å²) in [6.45, 7) is 10.8. The lowest BCUT2D eigenvalue weighted by atomic mass is 9.89. The molecule has 0 aliphatic carbocycles. The molecule has 2 aromatic carbocycles. The average Bonchev–Trinajstić information content (AvgIpc) is 3.52. The van der Waals surface area contributed by atoms with Gasteiger partial charge in [-0.25, -0.2) is 0 Å². The van der Waals surface area contributed by atoms with Crippen LogP contribution in [0.3, 0.4) is 0 Å². The molecule has 2 heterocycles. The number of hydrogen-bond donors (Lipinski definition) is 5. The van der Waals surface area contributed by atoms with Crippen LogP contribution in [0.4, 0.5) is 5.69 Å². The summed E-state index contributed by atoms with van der Waals surface area (Å²) in [4.78, 5) is 81.0. The molecule has 0 aromatic heterocycles. The Morgan fingerprint density at radius 1 is 1.02 bits per heavy atom. The highest BCUT2D eigenvalue weighted by atomic mass is 16.6. The summed E-state index contributed by atoms with van der Waals surface area (Å²) >= 11 is 0. The maximum Gasteiger partial charge on any atom is 0.306 e. The number of rotatable bonds is 14. The zero-order valence-electron chi connectivity index (χ0n) is 31.2. The standard InChI is InChI=1S/C39H50N6O8/c1-22(2)33(38(52)45-17-16-24-18-23(3)14-15-27(24)34(45)37(51)41-26(21-40)20-31(46)47)44-35(49)29(12-9-13-32(48)53-39(4,5)6)43-36(50)30-19-25-10-7-8-11-28(25)42-30/h7-8,10-11,14-15,18,22,26,29-30,33-34,42H,9,12-13,16-17,19-20H2,1-6H3,(H,41,51)(H,43,50)(H,44,49)(H,46,47)/t26-,29-,30?,33-,34-/m0/s1. The molecule has 5 N–H and O–H groups in total. The first-order chi connectivity index (χ1) is 25.0. The van der Waals surface area contributed by atoms with Crippen molar-refractivity contribution in [3.05, 3.63) is 64.7 Å². The van der Waals surface area contributed by atoms with Crippen LogP contribution in [0, 0.1) is 24.2 Å². The Morgan fingerprint density at radius 3 is 2.38 bits per heavy atom. The molecule has 4 amide bonds.